The number of hydrogen-bond acceptors (Lipinski definition) is 6. The summed E-state index contributed by atoms with van der Waals surface area (Å²) in [4.78, 5) is 23.5. The lowest BCUT2D eigenvalue weighted by atomic mass is 9.85. The number of nitrogens with zero attached hydrogens (tertiary/aromatic N) is 4. The Labute approximate surface area is 235 Å². The molecule has 2 bridgehead atoms. The Morgan fingerprint density at radius 3 is 2.61 bits per heavy atom. The normalized spacial score (nSPS) is 27.1. The Hall–Kier alpha value is -4.05. The van der Waals surface area contributed by atoms with E-state index in [1.807, 2.05) is 28.9 Å². The lowest BCUT2D eigenvalue weighted by Crippen LogP contribution is -2.43. The molecule has 212 valence electrons. The van der Waals surface area contributed by atoms with E-state index in [1.54, 1.807) is 18.2 Å². The number of halogens is 2. The van der Waals surface area contributed by atoms with E-state index < -0.39 is 18.7 Å². The number of ether oxygens (including phenoxy) is 1. The highest BCUT2D eigenvalue weighted by atomic mass is 19.3. The molecular formula is C31H30F2N4O4. The molecule has 0 amide bonds. The van der Waals surface area contributed by atoms with E-state index in [4.69, 9.17) is 9.73 Å². The number of carbonyl (C=O) groups is 1. The number of carboxylic acids is 1. The van der Waals surface area contributed by atoms with E-state index in [9.17, 15) is 23.8 Å². The fourth-order valence-electron chi connectivity index (χ4n) is 7.28. The van der Waals surface area contributed by atoms with Gasteiger partial charge in [-0.3, -0.25) is 4.79 Å². The van der Waals surface area contributed by atoms with Gasteiger partial charge < -0.3 is 24.3 Å². The second-order valence-corrected chi connectivity index (χ2v) is 11.3. The molecule has 41 heavy (non-hydrogen) atoms. The molecule has 0 unspecified atom stereocenters. The molecule has 4 heterocycles. The molecule has 1 aromatic carbocycles. The third-order valence-corrected chi connectivity index (χ3v) is 9.05. The fourth-order valence-corrected chi connectivity index (χ4v) is 7.28. The SMILES string of the molecule is O=C(O)[C@@H]1[C@@H]2CC[C@H]1CN(C1=CCC=C(c3ccc4nc5c(n4c3)[C@@H](c3ccccc3OC(F)F)C[C@H]5O)C=N1)C2. The monoisotopic (exact) mass is 560 g/mol. The molecule has 10 heteroatoms. The summed E-state index contributed by atoms with van der Waals surface area (Å²) < 4.78 is 33.0. The van der Waals surface area contributed by atoms with Crippen molar-refractivity contribution in [3.63, 3.8) is 0 Å². The van der Waals surface area contributed by atoms with Crippen LogP contribution in [0.4, 0.5) is 8.78 Å². The quantitative estimate of drug-likeness (QED) is 0.428. The number of likely N-dealkylation sites (tertiary alicyclic amines) is 1. The van der Waals surface area contributed by atoms with Gasteiger partial charge in [-0.15, -0.1) is 0 Å². The summed E-state index contributed by atoms with van der Waals surface area (Å²) in [6.07, 6.45) is 10.1. The van der Waals surface area contributed by atoms with Crippen molar-refractivity contribution in [2.75, 3.05) is 13.1 Å². The maximum Gasteiger partial charge on any atom is 0.387 e. The van der Waals surface area contributed by atoms with Crippen molar-refractivity contribution in [3.8, 4) is 5.75 Å². The highest BCUT2D eigenvalue weighted by Gasteiger charge is 2.46. The molecule has 2 fully saturated rings. The number of allylic oxidation sites excluding steroid dienone is 3. The zero-order valence-electron chi connectivity index (χ0n) is 22.2. The summed E-state index contributed by atoms with van der Waals surface area (Å²) in [6.45, 7) is -1.53. The van der Waals surface area contributed by atoms with Gasteiger partial charge in [-0.25, -0.2) is 9.98 Å². The number of aliphatic carboxylic acids is 1. The van der Waals surface area contributed by atoms with Crippen molar-refractivity contribution >= 4 is 23.4 Å². The summed E-state index contributed by atoms with van der Waals surface area (Å²) >= 11 is 0. The summed E-state index contributed by atoms with van der Waals surface area (Å²) in [5.74, 6) is -0.0196. The van der Waals surface area contributed by atoms with Crippen molar-refractivity contribution in [1.82, 2.24) is 14.3 Å². The largest absolute Gasteiger partial charge is 0.481 e. The van der Waals surface area contributed by atoms with Gasteiger partial charge in [-0.2, -0.15) is 8.78 Å². The highest BCUT2D eigenvalue weighted by Crippen LogP contribution is 2.47. The van der Waals surface area contributed by atoms with Crippen molar-refractivity contribution in [1.29, 1.82) is 0 Å². The van der Waals surface area contributed by atoms with Gasteiger partial charge in [0.05, 0.1) is 23.4 Å². The lowest BCUT2D eigenvalue weighted by molar-refractivity contribution is -0.146. The molecule has 2 aromatic heterocycles. The highest BCUT2D eigenvalue weighted by molar-refractivity contribution is 6.10. The number of fused-ring (bicyclic) bond motifs is 5. The van der Waals surface area contributed by atoms with Gasteiger partial charge in [-0.05, 0) is 72.9 Å². The molecule has 3 aromatic rings. The molecule has 0 radical (unpaired) electrons. The van der Waals surface area contributed by atoms with E-state index in [2.05, 4.69) is 22.0 Å². The predicted octanol–water partition coefficient (Wildman–Crippen LogP) is 5.25. The minimum Gasteiger partial charge on any atom is -0.481 e. The molecular weight excluding hydrogens is 530 g/mol. The molecule has 2 aliphatic carbocycles. The molecule has 1 saturated carbocycles. The van der Waals surface area contributed by atoms with Gasteiger partial charge in [0.15, 0.2) is 0 Å². The van der Waals surface area contributed by atoms with Gasteiger partial charge in [0.2, 0.25) is 0 Å². The molecule has 2 aliphatic heterocycles. The van der Waals surface area contributed by atoms with Crippen molar-refractivity contribution < 1.29 is 28.5 Å². The van der Waals surface area contributed by atoms with E-state index in [-0.39, 0.29) is 29.4 Å². The number of para-hydroxylation sites is 1. The number of carboxylic acid groups (broad SMARTS) is 1. The zero-order valence-corrected chi connectivity index (χ0v) is 22.2. The average molecular weight is 561 g/mol. The smallest absolute Gasteiger partial charge is 0.387 e. The van der Waals surface area contributed by atoms with Gasteiger partial charge in [0.25, 0.3) is 0 Å². The number of hydrogen-bond donors (Lipinski definition) is 2. The van der Waals surface area contributed by atoms with Crippen LogP contribution in [-0.2, 0) is 4.79 Å². The van der Waals surface area contributed by atoms with Crippen LogP contribution < -0.4 is 4.74 Å². The predicted molar refractivity (Wildman–Crippen MR) is 148 cm³/mol. The molecule has 5 atom stereocenters. The topological polar surface area (TPSA) is 99.7 Å². The van der Waals surface area contributed by atoms with Crippen molar-refractivity contribution in [2.45, 2.75) is 44.3 Å². The Kier molecular flexibility index (Phi) is 6.37. The summed E-state index contributed by atoms with van der Waals surface area (Å²) in [5.41, 5.74) is 4.41. The first-order valence-corrected chi connectivity index (χ1v) is 14.0. The molecule has 0 spiro atoms. The number of imidazole rings is 1. The Balaban J connectivity index is 1.18. The van der Waals surface area contributed by atoms with Gasteiger partial charge in [0, 0.05) is 37.0 Å². The number of aliphatic hydroxyl groups excluding tert-OH is 1. The Bertz CT molecular complexity index is 1600. The Morgan fingerprint density at radius 1 is 1.07 bits per heavy atom. The van der Waals surface area contributed by atoms with Crippen LogP contribution in [0.15, 0.2) is 65.6 Å². The van der Waals surface area contributed by atoms with Crippen LogP contribution >= 0.6 is 0 Å². The summed E-state index contributed by atoms with van der Waals surface area (Å²) in [7, 11) is 0. The standard InChI is InChI=1S/C31H30F2N4O4/c32-31(33)41-24-6-2-1-5-21(24)22-12-23(38)28-29(22)37-16-18(10-11-26(37)35-28)17-4-3-7-25(34-13-17)36-14-19-8-9-20(15-36)27(19)30(39)40/h1-2,4-7,10-11,13,16,19-20,22-23,27,31,38H,3,8-9,12,14-15H2,(H,39,40)/t19-,20+,22-,23-,27-/m1/s1. The van der Waals surface area contributed by atoms with Crippen molar-refractivity contribution in [3.05, 3.63) is 83.1 Å². The number of alkyl halides is 2. The van der Waals surface area contributed by atoms with E-state index in [0.717, 1.165) is 35.5 Å². The molecule has 1 saturated heterocycles. The van der Waals surface area contributed by atoms with E-state index >= 15 is 0 Å². The number of piperidine rings is 1. The first-order chi connectivity index (χ1) is 19.9. The van der Waals surface area contributed by atoms with Crippen LogP contribution in [0, 0.1) is 17.8 Å². The van der Waals surface area contributed by atoms with Crippen LogP contribution in [0.3, 0.4) is 0 Å². The number of pyridine rings is 1. The minimum absolute atomic E-state index is 0.0942. The van der Waals surface area contributed by atoms with Gasteiger partial charge >= 0.3 is 12.6 Å². The second-order valence-electron chi connectivity index (χ2n) is 11.3. The van der Waals surface area contributed by atoms with Crippen LogP contribution in [-0.4, -0.2) is 56.4 Å². The van der Waals surface area contributed by atoms with Crippen LogP contribution in [0.1, 0.15) is 60.2 Å². The van der Waals surface area contributed by atoms with Crippen LogP contribution in [0.2, 0.25) is 0 Å². The number of benzene rings is 1. The minimum atomic E-state index is -2.95. The van der Waals surface area contributed by atoms with Gasteiger partial charge in [-0.1, -0.05) is 24.3 Å². The number of aliphatic hydroxyl groups is 1. The number of rotatable bonds is 6. The lowest BCUT2D eigenvalue weighted by Gasteiger charge is -2.37. The second kappa shape index (κ2) is 10.1. The maximum absolute atomic E-state index is 13.1. The molecule has 2 N–H and O–H groups in total. The molecule has 7 rings (SSSR count). The first-order valence-electron chi connectivity index (χ1n) is 14.0. The van der Waals surface area contributed by atoms with E-state index in [0.29, 0.717) is 42.8 Å². The summed E-state index contributed by atoms with van der Waals surface area (Å²) in [6, 6.07) is 10.6. The summed E-state index contributed by atoms with van der Waals surface area (Å²) in [5, 5.41) is 20.5. The van der Waals surface area contributed by atoms with Crippen molar-refractivity contribution in [2.24, 2.45) is 22.7 Å². The third kappa shape index (κ3) is 4.50. The van der Waals surface area contributed by atoms with Crippen LogP contribution in [0.25, 0.3) is 11.2 Å². The molecule has 4 aliphatic rings. The number of aromatic nitrogens is 2. The Morgan fingerprint density at radius 2 is 1.85 bits per heavy atom. The van der Waals surface area contributed by atoms with E-state index in [1.165, 1.54) is 6.07 Å². The fraction of sp³-hybridized carbons (Fsp3) is 0.387. The molecule has 8 nitrogen and oxygen atoms in total. The zero-order chi connectivity index (χ0) is 28.2. The third-order valence-electron chi connectivity index (χ3n) is 9.05. The average Bonchev–Trinajstić information content (AvgIpc) is 3.48. The maximum atomic E-state index is 13.1. The first kappa shape index (κ1) is 25.9. The van der Waals surface area contributed by atoms with Gasteiger partial charge in [0.1, 0.15) is 17.2 Å². The van der Waals surface area contributed by atoms with Crippen LogP contribution in [0.5, 0.6) is 5.75 Å². The number of aliphatic imine (C=N–C) groups is 1.